The van der Waals surface area contributed by atoms with Crippen LogP contribution < -0.4 is 5.32 Å². The lowest BCUT2D eigenvalue weighted by Gasteiger charge is -2.35. The second-order valence-corrected chi connectivity index (χ2v) is 10.5. The summed E-state index contributed by atoms with van der Waals surface area (Å²) in [7, 11) is 0. The highest BCUT2D eigenvalue weighted by atomic mass is 19.4. The van der Waals surface area contributed by atoms with Gasteiger partial charge in [-0.25, -0.2) is 4.39 Å². The molecule has 2 aromatic rings. The van der Waals surface area contributed by atoms with Crippen LogP contribution in [0.1, 0.15) is 86.7 Å². The third-order valence-corrected chi connectivity index (χ3v) is 7.75. The number of halogens is 4. The molecule has 0 saturated heterocycles. The Balaban J connectivity index is 1.87. The molecule has 1 aromatic carbocycles. The summed E-state index contributed by atoms with van der Waals surface area (Å²) in [5.41, 5.74) is 1.27. The van der Waals surface area contributed by atoms with Crippen LogP contribution in [0.25, 0.3) is 0 Å². The van der Waals surface area contributed by atoms with Crippen molar-refractivity contribution in [2.45, 2.75) is 90.9 Å². The Morgan fingerprint density at radius 3 is 2.34 bits per heavy atom. The van der Waals surface area contributed by atoms with E-state index in [2.05, 4.69) is 17.2 Å². The number of alkyl halides is 3. The van der Waals surface area contributed by atoms with E-state index in [0.29, 0.717) is 45.5 Å². The maximum Gasteiger partial charge on any atom is 0.406 e. The van der Waals surface area contributed by atoms with E-state index in [4.69, 9.17) is 5.41 Å². The van der Waals surface area contributed by atoms with Crippen molar-refractivity contribution in [2.24, 2.45) is 11.8 Å². The Morgan fingerprint density at radius 2 is 1.83 bits per heavy atom. The molecular formula is C28H37F4N3. The van der Waals surface area contributed by atoms with Gasteiger partial charge in [0.05, 0.1) is 0 Å². The molecular weight excluding hydrogens is 454 g/mol. The van der Waals surface area contributed by atoms with Gasteiger partial charge in [0.1, 0.15) is 11.4 Å². The van der Waals surface area contributed by atoms with Crippen LogP contribution in [0.15, 0.2) is 30.5 Å². The minimum Gasteiger partial charge on any atom is -0.304 e. The van der Waals surface area contributed by atoms with Gasteiger partial charge in [0, 0.05) is 35.6 Å². The first-order valence-electron chi connectivity index (χ1n) is 12.5. The average molecular weight is 492 g/mol. The fourth-order valence-corrected chi connectivity index (χ4v) is 4.76. The van der Waals surface area contributed by atoms with Crippen molar-refractivity contribution in [2.75, 3.05) is 0 Å². The lowest BCUT2D eigenvalue weighted by molar-refractivity contribution is -0.186. The molecule has 1 aliphatic carbocycles. The molecule has 35 heavy (non-hydrogen) atoms. The van der Waals surface area contributed by atoms with Gasteiger partial charge in [-0.05, 0) is 68.7 Å². The van der Waals surface area contributed by atoms with Gasteiger partial charge < -0.3 is 5.41 Å². The Hall–Kier alpha value is -2.28. The molecule has 0 spiro atoms. The molecule has 3 rings (SSSR count). The van der Waals surface area contributed by atoms with E-state index < -0.39 is 11.7 Å². The molecule has 0 amide bonds. The lowest BCUT2D eigenvalue weighted by atomic mass is 9.70. The number of hydrogen-bond acceptors (Lipinski definition) is 3. The van der Waals surface area contributed by atoms with E-state index in [1.807, 2.05) is 12.1 Å². The second kappa shape index (κ2) is 10.8. The Kier molecular flexibility index (Phi) is 8.40. The standard InChI is InChI=1S/C28H37F4N3/c1-6-20(21-8-7-9-21)14-23(26(33)22-12-10-17(2)25(29)18(22)3)24-13-11-19(15-34-24)16-35-27(4,5)28(30,31)32/h10-13,15,20-21,23,33,35H,6-9,14,16H2,1-5H3. The summed E-state index contributed by atoms with van der Waals surface area (Å²) in [6, 6.07) is 7.10. The molecule has 0 radical (unpaired) electrons. The third kappa shape index (κ3) is 6.11. The average Bonchev–Trinajstić information content (AvgIpc) is 2.77. The predicted octanol–water partition coefficient (Wildman–Crippen LogP) is 7.64. The van der Waals surface area contributed by atoms with Gasteiger partial charge in [-0.3, -0.25) is 10.3 Å². The molecule has 2 atom stereocenters. The number of nitrogens with one attached hydrogen (secondary N) is 2. The van der Waals surface area contributed by atoms with Gasteiger partial charge in [0.2, 0.25) is 0 Å². The second-order valence-electron chi connectivity index (χ2n) is 10.5. The first-order valence-corrected chi connectivity index (χ1v) is 12.5. The van der Waals surface area contributed by atoms with Gasteiger partial charge in [-0.2, -0.15) is 13.2 Å². The van der Waals surface area contributed by atoms with Gasteiger partial charge in [0.25, 0.3) is 0 Å². The molecule has 0 bridgehead atoms. The van der Waals surface area contributed by atoms with Gasteiger partial charge in [-0.1, -0.05) is 50.8 Å². The van der Waals surface area contributed by atoms with E-state index in [9.17, 15) is 17.6 Å². The SMILES string of the molecule is CCC(CC(C(=N)c1ccc(C)c(F)c1C)c1ccc(CNC(C)(C)C(F)(F)F)cn1)C1CCC1. The maximum absolute atomic E-state index is 14.7. The summed E-state index contributed by atoms with van der Waals surface area (Å²) in [5, 5.41) is 11.6. The van der Waals surface area contributed by atoms with Crippen LogP contribution in [0.3, 0.4) is 0 Å². The summed E-state index contributed by atoms with van der Waals surface area (Å²) in [6.45, 7) is 7.85. The zero-order chi connectivity index (χ0) is 26.0. The topological polar surface area (TPSA) is 48.8 Å². The fraction of sp³-hybridized carbons (Fsp3) is 0.571. The molecule has 192 valence electrons. The molecule has 3 nitrogen and oxygen atoms in total. The largest absolute Gasteiger partial charge is 0.406 e. The Morgan fingerprint density at radius 1 is 1.14 bits per heavy atom. The molecule has 2 unspecified atom stereocenters. The van der Waals surface area contributed by atoms with Crippen molar-refractivity contribution >= 4 is 5.71 Å². The first-order chi connectivity index (χ1) is 16.4. The summed E-state index contributed by atoms with van der Waals surface area (Å²) in [5.74, 6) is 0.480. The third-order valence-electron chi connectivity index (χ3n) is 7.75. The highest BCUT2D eigenvalue weighted by Crippen LogP contribution is 2.41. The van der Waals surface area contributed by atoms with Crippen molar-refractivity contribution < 1.29 is 17.6 Å². The van der Waals surface area contributed by atoms with Crippen molar-refractivity contribution in [1.82, 2.24) is 10.3 Å². The van der Waals surface area contributed by atoms with Crippen LogP contribution in [0, 0.1) is 36.9 Å². The highest BCUT2D eigenvalue weighted by molar-refractivity contribution is 6.04. The summed E-state index contributed by atoms with van der Waals surface area (Å²) < 4.78 is 54.2. The van der Waals surface area contributed by atoms with Crippen molar-refractivity contribution in [3.63, 3.8) is 0 Å². The molecule has 1 fully saturated rings. The normalized spacial score (nSPS) is 16.6. The number of nitrogens with zero attached hydrogens (tertiary/aromatic N) is 1. The minimum atomic E-state index is -4.36. The van der Waals surface area contributed by atoms with Crippen LogP contribution in [-0.2, 0) is 6.54 Å². The summed E-state index contributed by atoms with van der Waals surface area (Å²) in [6.07, 6.45) is 2.61. The minimum absolute atomic E-state index is 0.0316. The van der Waals surface area contributed by atoms with Crippen molar-refractivity contribution in [1.29, 1.82) is 5.41 Å². The van der Waals surface area contributed by atoms with Crippen LogP contribution in [0.4, 0.5) is 17.6 Å². The number of aromatic nitrogens is 1. The van der Waals surface area contributed by atoms with E-state index >= 15 is 0 Å². The fourth-order valence-electron chi connectivity index (χ4n) is 4.76. The van der Waals surface area contributed by atoms with Gasteiger partial charge in [-0.15, -0.1) is 0 Å². The van der Waals surface area contributed by atoms with Crippen LogP contribution >= 0.6 is 0 Å². The molecule has 1 aliphatic rings. The Bertz CT molecular complexity index is 1020. The van der Waals surface area contributed by atoms with E-state index in [0.717, 1.165) is 26.7 Å². The van der Waals surface area contributed by atoms with Crippen LogP contribution in [-0.4, -0.2) is 22.4 Å². The number of pyridine rings is 1. The summed E-state index contributed by atoms with van der Waals surface area (Å²) >= 11 is 0. The van der Waals surface area contributed by atoms with Crippen LogP contribution in [0.5, 0.6) is 0 Å². The number of benzene rings is 1. The van der Waals surface area contributed by atoms with Crippen molar-refractivity contribution in [3.8, 4) is 0 Å². The molecule has 1 aromatic heterocycles. The molecule has 1 heterocycles. The molecule has 0 aliphatic heterocycles. The zero-order valence-electron chi connectivity index (χ0n) is 21.3. The van der Waals surface area contributed by atoms with E-state index in [-0.39, 0.29) is 18.3 Å². The first kappa shape index (κ1) is 27.3. The molecule has 1 saturated carbocycles. The predicted molar refractivity (Wildman–Crippen MR) is 132 cm³/mol. The number of hydrogen-bond donors (Lipinski definition) is 2. The molecule has 7 heteroatoms. The van der Waals surface area contributed by atoms with Crippen LogP contribution in [0.2, 0.25) is 0 Å². The van der Waals surface area contributed by atoms with E-state index in [1.54, 1.807) is 32.2 Å². The zero-order valence-corrected chi connectivity index (χ0v) is 21.3. The van der Waals surface area contributed by atoms with Crippen molar-refractivity contribution in [3.05, 3.63) is 64.2 Å². The van der Waals surface area contributed by atoms with Gasteiger partial charge >= 0.3 is 6.18 Å². The Labute approximate surface area is 206 Å². The smallest absolute Gasteiger partial charge is 0.304 e. The number of aryl methyl sites for hydroxylation is 1. The van der Waals surface area contributed by atoms with Gasteiger partial charge in [0.15, 0.2) is 0 Å². The highest BCUT2D eigenvalue weighted by Gasteiger charge is 2.46. The monoisotopic (exact) mass is 491 g/mol. The molecule has 2 N–H and O–H groups in total. The van der Waals surface area contributed by atoms with E-state index in [1.165, 1.54) is 19.3 Å². The maximum atomic E-state index is 14.7. The quantitative estimate of drug-likeness (QED) is 0.265. The number of rotatable bonds is 10. The lowest BCUT2D eigenvalue weighted by Crippen LogP contribution is -2.51. The summed E-state index contributed by atoms with van der Waals surface area (Å²) in [4.78, 5) is 4.59.